The molecule has 5 nitrogen and oxygen atoms in total. The van der Waals surface area contributed by atoms with Crippen LogP contribution in [0.5, 0.6) is 17.2 Å². The lowest BCUT2D eigenvalue weighted by molar-refractivity contribution is 0.0633. The second-order valence-electron chi connectivity index (χ2n) is 6.81. The van der Waals surface area contributed by atoms with Gasteiger partial charge < -0.3 is 19.1 Å². The molecule has 28 heavy (non-hydrogen) atoms. The van der Waals surface area contributed by atoms with Gasteiger partial charge in [-0.25, -0.2) is 0 Å². The molecule has 1 amide bonds. The summed E-state index contributed by atoms with van der Waals surface area (Å²) in [6.07, 6.45) is 2.00. The first kappa shape index (κ1) is 20.3. The Kier molecular flexibility index (Phi) is 7.04. The van der Waals surface area contributed by atoms with E-state index in [0.717, 1.165) is 25.1 Å². The summed E-state index contributed by atoms with van der Waals surface area (Å²) in [6.45, 7) is 4.34. The van der Waals surface area contributed by atoms with E-state index in [1.807, 2.05) is 42.2 Å². The summed E-state index contributed by atoms with van der Waals surface area (Å²) in [5, 5.41) is 0.380. The number of nitrogens with zero attached hydrogens (tertiary/aromatic N) is 1. The molecule has 2 aromatic carbocycles. The topological polar surface area (TPSA) is 48.0 Å². The van der Waals surface area contributed by atoms with Crippen LogP contribution in [0.15, 0.2) is 42.5 Å². The van der Waals surface area contributed by atoms with Crippen molar-refractivity contribution in [1.82, 2.24) is 4.90 Å². The molecular weight excluding hydrogens is 378 g/mol. The Labute approximate surface area is 171 Å². The highest BCUT2D eigenvalue weighted by molar-refractivity contribution is 6.32. The molecule has 0 aromatic heterocycles. The van der Waals surface area contributed by atoms with Crippen molar-refractivity contribution in [3.63, 3.8) is 0 Å². The molecule has 1 fully saturated rings. The van der Waals surface area contributed by atoms with Gasteiger partial charge in [0.25, 0.3) is 5.91 Å². The Morgan fingerprint density at radius 2 is 2.00 bits per heavy atom. The van der Waals surface area contributed by atoms with E-state index in [0.29, 0.717) is 47.8 Å². The largest absolute Gasteiger partial charge is 0.493 e. The fraction of sp³-hybridized carbons (Fsp3) is 0.409. The van der Waals surface area contributed by atoms with Crippen molar-refractivity contribution in [3.8, 4) is 17.2 Å². The summed E-state index contributed by atoms with van der Waals surface area (Å²) in [6, 6.07) is 13.1. The zero-order chi connectivity index (χ0) is 19.9. The van der Waals surface area contributed by atoms with E-state index in [2.05, 4.69) is 0 Å². The highest BCUT2D eigenvalue weighted by Crippen LogP contribution is 2.37. The number of rotatable bonds is 7. The van der Waals surface area contributed by atoms with E-state index in [1.165, 1.54) is 0 Å². The van der Waals surface area contributed by atoms with E-state index in [9.17, 15) is 4.79 Å². The van der Waals surface area contributed by atoms with Crippen molar-refractivity contribution in [3.05, 3.63) is 53.1 Å². The van der Waals surface area contributed by atoms with Crippen molar-refractivity contribution in [2.45, 2.75) is 19.8 Å². The molecule has 0 spiro atoms. The van der Waals surface area contributed by atoms with Gasteiger partial charge in [-0.1, -0.05) is 29.8 Å². The van der Waals surface area contributed by atoms with Gasteiger partial charge in [0.15, 0.2) is 11.5 Å². The van der Waals surface area contributed by atoms with Crippen LogP contribution in [0.4, 0.5) is 0 Å². The van der Waals surface area contributed by atoms with Crippen LogP contribution in [0.1, 0.15) is 30.1 Å². The van der Waals surface area contributed by atoms with E-state index in [1.54, 1.807) is 19.2 Å². The van der Waals surface area contributed by atoms with Gasteiger partial charge in [-0.15, -0.1) is 0 Å². The van der Waals surface area contributed by atoms with Gasteiger partial charge in [-0.05, 0) is 44.0 Å². The quantitative estimate of drug-likeness (QED) is 0.673. The summed E-state index contributed by atoms with van der Waals surface area (Å²) in [5.41, 5.74) is 0.509. The van der Waals surface area contributed by atoms with Gasteiger partial charge in [0.1, 0.15) is 5.75 Å². The van der Waals surface area contributed by atoms with Crippen LogP contribution < -0.4 is 14.2 Å². The Morgan fingerprint density at radius 3 is 2.71 bits per heavy atom. The molecule has 0 saturated carbocycles. The molecule has 1 saturated heterocycles. The number of piperidine rings is 1. The van der Waals surface area contributed by atoms with E-state index in [4.69, 9.17) is 25.8 Å². The summed E-state index contributed by atoms with van der Waals surface area (Å²) >= 11 is 6.33. The molecule has 1 atom stereocenters. The predicted octanol–water partition coefficient (Wildman–Crippen LogP) is 4.68. The van der Waals surface area contributed by atoms with Crippen molar-refractivity contribution in [2.24, 2.45) is 5.92 Å². The fourth-order valence-electron chi connectivity index (χ4n) is 3.43. The molecule has 150 valence electrons. The highest BCUT2D eigenvalue weighted by atomic mass is 35.5. The first-order valence-corrected chi connectivity index (χ1v) is 9.97. The van der Waals surface area contributed by atoms with Gasteiger partial charge in [0.2, 0.25) is 0 Å². The molecule has 2 aromatic rings. The van der Waals surface area contributed by atoms with Crippen molar-refractivity contribution >= 4 is 17.5 Å². The maximum absolute atomic E-state index is 13.0. The molecule has 1 heterocycles. The number of likely N-dealkylation sites (tertiary alicyclic amines) is 1. The maximum atomic E-state index is 13.0. The zero-order valence-electron chi connectivity index (χ0n) is 16.3. The number of carbonyl (C=O) groups excluding carboxylic acids is 1. The standard InChI is InChI=1S/C22H26ClNO4/c1-3-27-21-19(23)12-17(13-20(21)26-2)22(25)24-11-7-8-16(14-24)15-28-18-9-5-4-6-10-18/h4-6,9-10,12-13,16H,3,7-8,11,14-15H2,1-2H3. The molecule has 1 aliphatic rings. The highest BCUT2D eigenvalue weighted by Gasteiger charge is 2.26. The van der Waals surface area contributed by atoms with Crippen LogP contribution in [0, 0.1) is 5.92 Å². The number of amides is 1. The first-order valence-electron chi connectivity index (χ1n) is 9.59. The molecule has 0 bridgehead atoms. The van der Waals surface area contributed by atoms with Gasteiger partial charge in [0, 0.05) is 24.6 Å². The third-order valence-electron chi connectivity index (χ3n) is 4.80. The third kappa shape index (κ3) is 4.90. The lowest BCUT2D eigenvalue weighted by Gasteiger charge is -2.33. The summed E-state index contributed by atoms with van der Waals surface area (Å²) in [7, 11) is 1.54. The number of benzene rings is 2. The van der Waals surface area contributed by atoms with Gasteiger partial charge in [-0.2, -0.15) is 0 Å². The number of ether oxygens (including phenoxy) is 3. The number of hydrogen-bond donors (Lipinski definition) is 0. The lowest BCUT2D eigenvalue weighted by Crippen LogP contribution is -2.41. The second kappa shape index (κ2) is 9.69. The SMILES string of the molecule is CCOc1c(Cl)cc(C(=O)N2CCCC(COc3ccccc3)C2)cc1OC. The molecule has 1 unspecified atom stereocenters. The van der Waals surface area contributed by atoms with Crippen molar-refractivity contribution in [2.75, 3.05) is 33.4 Å². The Bertz CT molecular complexity index is 797. The minimum Gasteiger partial charge on any atom is -0.493 e. The normalized spacial score (nSPS) is 16.5. The average molecular weight is 404 g/mol. The predicted molar refractivity (Wildman–Crippen MR) is 110 cm³/mol. The molecule has 0 aliphatic carbocycles. The molecular formula is C22H26ClNO4. The first-order chi connectivity index (χ1) is 13.6. The van der Waals surface area contributed by atoms with Gasteiger partial charge >= 0.3 is 0 Å². The molecule has 0 radical (unpaired) electrons. The van der Waals surface area contributed by atoms with Crippen LogP contribution in [-0.2, 0) is 0 Å². The van der Waals surface area contributed by atoms with Crippen LogP contribution in [0.2, 0.25) is 5.02 Å². The van der Waals surface area contributed by atoms with Crippen LogP contribution in [-0.4, -0.2) is 44.2 Å². The molecule has 1 aliphatic heterocycles. The number of carbonyl (C=O) groups is 1. The number of hydrogen-bond acceptors (Lipinski definition) is 4. The Morgan fingerprint density at radius 1 is 1.21 bits per heavy atom. The van der Waals surface area contributed by atoms with Crippen molar-refractivity contribution in [1.29, 1.82) is 0 Å². The van der Waals surface area contributed by atoms with E-state index in [-0.39, 0.29) is 5.91 Å². The smallest absolute Gasteiger partial charge is 0.254 e. The molecule has 0 N–H and O–H groups in total. The summed E-state index contributed by atoms with van der Waals surface area (Å²) in [5.74, 6) is 2.05. The fourth-order valence-corrected chi connectivity index (χ4v) is 3.69. The summed E-state index contributed by atoms with van der Waals surface area (Å²) in [4.78, 5) is 14.9. The molecule has 6 heteroatoms. The Hall–Kier alpha value is -2.40. The van der Waals surface area contributed by atoms with Crippen LogP contribution in [0.3, 0.4) is 0 Å². The number of para-hydroxylation sites is 1. The van der Waals surface area contributed by atoms with Crippen LogP contribution in [0.25, 0.3) is 0 Å². The zero-order valence-corrected chi connectivity index (χ0v) is 17.1. The van der Waals surface area contributed by atoms with E-state index >= 15 is 0 Å². The van der Waals surface area contributed by atoms with E-state index < -0.39 is 0 Å². The second-order valence-corrected chi connectivity index (χ2v) is 7.21. The molecule has 3 rings (SSSR count). The monoisotopic (exact) mass is 403 g/mol. The minimum absolute atomic E-state index is 0.0485. The third-order valence-corrected chi connectivity index (χ3v) is 5.08. The van der Waals surface area contributed by atoms with Gasteiger partial charge in [0.05, 0.1) is 25.3 Å². The minimum atomic E-state index is -0.0485. The summed E-state index contributed by atoms with van der Waals surface area (Å²) < 4.78 is 16.8. The van der Waals surface area contributed by atoms with Crippen molar-refractivity contribution < 1.29 is 19.0 Å². The average Bonchev–Trinajstić information content (AvgIpc) is 2.74. The number of halogens is 1. The Balaban J connectivity index is 1.67. The van der Waals surface area contributed by atoms with Gasteiger partial charge in [-0.3, -0.25) is 4.79 Å². The van der Waals surface area contributed by atoms with Crippen LogP contribution >= 0.6 is 11.6 Å². The lowest BCUT2D eigenvalue weighted by atomic mass is 9.98. The number of methoxy groups -OCH3 is 1. The maximum Gasteiger partial charge on any atom is 0.254 e.